The third kappa shape index (κ3) is 2.13. The highest BCUT2D eigenvalue weighted by atomic mass is 32.1. The van der Waals surface area contributed by atoms with E-state index >= 15 is 0 Å². The summed E-state index contributed by atoms with van der Waals surface area (Å²) in [6.07, 6.45) is 0. The van der Waals surface area contributed by atoms with Gasteiger partial charge in [0.05, 0.1) is 4.92 Å². The first-order valence-corrected chi connectivity index (χ1v) is 5.10. The van der Waals surface area contributed by atoms with Crippen LogP contribution in [0, 0.1) is 10.1 Å². The highest BCUT2D eigenvalue weighted by molar-refractivity contribution is 7.11. The number of rotatable bonds is 3. The zero-order valence-electron chi connectivity index (χ0n) is 7.62. The van der Waals surface area contributed by atoms with Gasteiger partial charge in [0.1, 0.15) is 0 Å². The van der Waals surface area contributed by atoms with Crippen LogP contribution in [0.4, 0.5) is 5.69 Å². The van der Waals surface area contributed by atoms with Gasteiger partial charge in [0.2, 0.25) is 5.75 Å². The minimum absolute atomic E-state index is 0.0223. The monoisotopic (exact) mass is 221 g/mol. The fraction of sp³-hybridized carbons (Fsp3) is 0. The molecule has 0 saturated heterocycles. The molecule has 0 bridgehead atoms. The largest absolute Gasteiger partial charge is 0.439 e. The van der Waals surface area contributed by atoms with Crippen molar-refractivity contribution in [3.05, 3.63) is 51.9 Å². The predicted octanol–water partition coefficient (Wildman–Crippen LogP) is 3.45. The zero-order valence-corrected chi connectivity index (χ0v) is 8.44. The van der Waals surface area contributed by atoms with Crippen molar-refractivity contribution in [1.82, 2.24) is 0 Å². The fourth-order valence-corrected chi connectivity index (χ4v) is 1.71. The normalized spacial score (nSPS) is 9.87. The smallest absolute Gasteiger partial charge is 0.311 e. The van der Waals surface area contributed by atoms with Crippen LogP contribution in [0.1, 0.15) is 0 Å². The van der Waals surface area contributed by atoms with Crippen molar-refractivity contribution in [3.8, 4) is 10.8 Å². The van der Waals surface area contributed by atoms with E-state index in [1.54, 1.807) is 24.3 Å². The first-order valence-electron chi connectivity index (χ1n) is 4.22. The van der Waals surface area contributed by atoms with Crippen LogP contribution in [-0.4, -0.2) is 4.92 Å². The molecule has 4 nitrogen and oxygen atoms in total. The Labute approximate surface area is 89.9 Å². The van der Waals surface area contributed by atoms with Crippen molar-refractivity contribution in [3.63, 3.8) is 0 Å². The van der Waals surface area contributed by atoms with Crippen LogP contribution in [0.2, 0.25) is 0 Å². The van der Waals surface area contributed by atoms with Crippen molar-refractivity contribution in [2.75, 3.05) is 0 Å². The Hall–Kier alpha value is -1.88. The number of nitro groups is 1. The van der Waals surface area contributed by atoms with Gasteiger partial charge in [0.15, 0.2) is 5.06 Å². The van der Waals surface area contributed by atoms with Gasteiger partial charge in [-0.1, -0.05) is 12.1 Å². The van der Waals surface area contributed by atoms with Crippen molar-refractivity contribution >= 4 is 17.0 Å². The molecule has 0 aliphatic rings. The van der Waals surface area contributed by atoms with Crippen LogP contribution in [0.3, 0.4) is 0 Å². The summed E-state index contributed by atoms with van der Waals surface area (Å²) in [5, 5.41) is 13.2. The summed E-state index contributed by atoms with van der Waals surface area (Å²) in [6, 6.07) is 9.91. The van der Waals surface area contributed by atoms with Crippen LogP contribution >= 0.6 is 11.3 Å². The first-order chi connectivity index (χ1) is 7.27. The number of nitrogens with zero attached hydrogens (tertiary/aromatic N) is 1. The quantitative estimate of drug-likeness (QED) is 0.589. The number of thiophene rings is 1. The van der Waals surface area contributed by atoms with Crippen LogP contribution in [0.15, 0.2) is 41.8 Å². The van der Waals surface area contributed by atoms with Gasteiger partial charge in [0, 0.05) is 6.07 Å². The predicted molar refractivity (Wildman–Crippen MR) is 57.5 cm³/mol. The minimum atomic E-state index is -0.455. The number of benzene rings is 1. The molecule has 76 valence electrons. The molecule has 0 unspecified atom stereocenters. The van der Waals surface area contributed by atoms with Crippen molar-refractivity contribution in [2.45, 2.75) is 0 Å². The average Bonchev–Trinajstić information content (AvgIpc) is 2.71. The second-order valence-electron chi connectivity index (χ2n) is 2.76. The summed E-state index contributed by atoms with van der Waals surface area (Å²) in [5.74, 6) is 0.268. The summed E-state index contributed by atoms with van der Waals surface area (Å²) in [5.41, 5.74) is -0.0223. The zero-order chi connectivity index (χ0) is 10.7. The standard InChI is InChI=1S/C10H7NO3S/c12-11(13)8-4-1-2-5-9(8)14-10-6-3-7-15-10/h1-7H. The Balaban J connectivity index is 2.32. The molecule has 0 N–H and O–H groups in total. The Morgan fingerprint density at radius 3 is 2.67 bits per heavy atom. The molecule has 1 aromatic heterocycles. The molecule has 0 radical (unpaired) electrons. The van der Waals surface area contributed by atoms with Crippen molar-refractivity contribution in [1.29, 1.82) is 0 Å². The maximum atomic E-state index is 10.7. The molecular weight excluding hydrogens is 214 g/mol. The third-order valence-corrected chi connectivity index (χ3v) is 2.51. The number of hydrogen-bond acceptors (Lipinski definition) is 4. The van der Waals surface area contributed by atoms with E-state index in [2.05, 4.69) is 0 Å². The molecule has 0 aliphatic carbocycles. The molecule has 1 heterocycles. The van der Waals surface area contributed by atoms with Crippen LogP contribution in [0.25, 0.3) is 0 Å². The maximum absolute atomic E-state index is 10.7. The lowest BCUT2D eigenvalue weighted by molar-refractivity contribution is -0.385. The highest BCUT2D eigenvalue weighted by Crippen LogP contribution is 2.32. The van der Waals surface area contributed by atoms with Gasteiger partial charge >= 0.3 is 5.69 Å². The first kappa shape index (κ1) is 9.67. The Bertz CT molecular complexity index is 467. The lowest BCUT2D eigenvalue weighted by atomic mass is 10.3. The second kappa shape index (κ2) is 4.10. The molecule has 0 spiro atoms. The summed E-state index contributed by atoms with van der Waals surface area (Å²) >= 11 is 1.39. The van der Waals surface area contributed by atoms with E-state index in [1.165, 1.54) is 17.4 Å². The Morgan fingerprint density at radius 2 is 2.00 bits per heavy atom. The third-order valence-electron chi connectivity index (χ3n) is 1.77. The fourth-order valence-electron chi connectivity index (χ4n) is 1.12. The average molecular weight is 221 g/mol. The van der Waals surface area contributed by atoms with E-state index < -0.39 is 4.92 Å². The lowest BCUT2D eigenvalue weighted by Crippen LogP contribution is -1.91. The van der Waals surface area contributed by atoms with Crippen molar-refractivity contribution in [2.24, 2.45) is 0 Å². The lowest BCUT2D eigenvalue weighted by Gasteiger charge is -2.02. The van der Waals surface area contributed by atoms with E-state index in [1.807, 2.05) is 11.4 Å². The van der Waals surface area contributed by atoms with E-state index in [4.69, 9.17) is 4.74 Å². The molecule has 15 heavy (non-hydrogen) atoms. The number of nitro benzene ring substituents is 1. The molecule has 0 amide bonds. The van der Waals surface area contributed by atoms with Gasteiger partial charge < -0.3 is 4.74 Å². The molecule has 0 atom stereocenters. The SMILES string of the molecule is O=[N+]([O-])c1ccccc1Oc1cccs1. The summed E-state index contributed by atoms with van der Waals surface area (Å²) in [7, 11) is 0. The number of ether oxygens (including phenoxy) is 1. The van der Waals surface area contributed by atoms with E-state index in [9.17, 15) is 10.1 Å². The Kier molecular flexibility index (Phi) is 2.64. The molecule has 2 aromatic rings. The van der Waals surface area contributed by atoms with Gasteiger partial charge in [-0.15, -0.1) is 11.3 Å². The van der Waals surface area contributed by atoms with Gasteiger partial charge in [0.25, 0.3) is 0 Å². The molecule has 0 fully saturated rings. The molecule has 5 heteroatoms. The minimum Gasteiger partial charge on any atom is -0.439 e. The van der Waals surface area contributed by atoms with E-state index in [0.29, 0.717) is 5.06 Å². The summed E-state index contributed by atoms with van der Waals surface area (Å²) in [6.45, 7) is 0. The van der Waals surface area contributed by atoms with E-state index in [0.717, 1.165) is 0 Å². The topological polar surface area (TPSA) is 52.4 Å². The van der Waals surface area contributed by atoms with Gasteiger partial charge in [-0.05, 0) is 23.6 Å². The highest BCUT2D eigenvalue weighted by Gasteiger charge is 2.14. The molecule has 0 aliphatic heterocycles. The van der Waals surface area contributed by atoms with Crippen molar-refractivity contribution < 1.29 is 9.66 Å². The van der Waals surface area contributed by atoms with Crippen LogP contribution < -0.4 is 4.74 Å². The van der Waals surface area contributed by atoms with Gasteiger partial charge in [-0.2, -0.15) is 0 Å². The summed E-state index contributed by atoms with van der Waals surface area (Å²) in [4.78, 5) is 10.2. The molecular formula is C10H7NO3S. The van der Waals surface area contributed by atoms with Crippen LogP contribution in [0.5, 0.6) is 10.8 Å². The number of hydrogen-bond donors (Lipinski definition) is 0. The summed E-state index contributed by atoms with van der Waals surface area (Å²) < 4.78 is 5.39. The van der Waals surface area contributed by atoms with Gasteiger partial charge in [-0.25, -0.2) is 0 Å². The molecule has 2 rings (SSSR count). The number of para-hydroxylation sites is 2. The Morgan fingerprint density at radius 1 is 1.20 bits per heavy atom. The second-order valence-corrected chi connectivity index (χ2v) is 3.67. The van der Waals surface area contributed by atoms with Gasteiger partial charge in [-0.3, -0.25) is 10.1 Å². The van der Waals surface area contributed by atoms with E-state index in [-0.39, 0.29) is 11.4 Å². The maximum Gasteiger partial charge on any atom is 0.311 e. The molecule has 1 aromatic carbocycles. The van der Waals surface area contributed by atoms with Crippen LogP contribution in [-0.2, 0) is 0 Å². The molecule has 0 saturated carbocycles.